The maximum atomic E-state index is 12.1. The van der Waals surface area contributed by atoms with Crippen molar-refractivity contribution >= 4 is 29.3 Å². The Morgan fingerprint density at radius 2 is 1.64 bits per heavy atom. The van der Waals surface area contributed by atoms with E-state index in [-0.39, 0.29) is 23.6 Å². The van der Waals surface area contributed by atoms with E-state index in [9.17, 15) is 14.4 Å². The van der Waals surface area contributed by atoms with Crippen molar-refractivity contribution in [3.8, 4) is 0 Å². The normalized spacial score (nSPS) is 9.84. The van der Waals surface area contributed by atoms with Gasteiger partial charge in [-0.3, -0.25) is 10.1 Å². The summed E-state index contributed by atoms with van der Waals surface area (Å²) in [6, 6.07) is 13.8. The Balaban J connectivity index is 2.17. The molecule has 2 N–H and O–H groups in total. The highest BCUT2D eigenvalue weighted by Gasteiger charge is 2.15. The van der Waals surface area contributed by atoms with Gasteiger partial charge in [0.25, 0.3) is 0 Å². The van der Waals surface area contributed by atoms with Gasteiger partial charge in [0.05, 0.1) is 31.9 Å². The third-order valence-electron chi connectivity index (χ3n) is 3.34. The summed E-state index contributed by atoms with van der Waals surface area (Å²) in [5, 5.41) is 5.15. The van der Waals surface area contributed by atoms with Crippen molar-refractivity contribution in [3.05, 3.63) is 59.7 Å². The van der Waals surface area contributed by atoms with Crippen molar-refractivity contribution in [1.82, 2.24) is 0 Å². The van der Waals surface area contributed by atoms with E-state index in [4.69, 9.17) is 0 Å². The lowest BCUT2D eigenvalue weighted by Gasteiger charge is -2.12. The van der Waals surface area contributed by atoms with E-state index in [0.717, 1.165) is 5.56 Å². The largest absolute Gasteiger partial charge is 0.465 e. The number of hydrogen-bond acceptors (Lipinski definition) is 5. The van der Waals surface area contributed by atoms with Crippen LogP contribution in [0.15, 0.2) is 48.5 Å². The first-order valence-electron chi connectivity index (χ1n) is 7.44. The fourth-order valence-corrected chi connectivity index (χ4v) is 2.16. The van der Waals surface area contributed by atoms with Gasteiger partial charge in [0.2, 0.25) is 5.91 Å². The number of anilines is 2. The Labute approximate surface area is 144 Å². The summed E-state index contributed by atoms with van der Waals surface area (Å²) in [4.78, 5) is 35.4. The molecule has 25 heavy (non-hydrogen) atoms. The van der Waals surface area contributed by atoms with Gasteiger partial charge in [0.1, 0.15) is 0 Å². The van der Waals surface area contributed by atoms with Crippen LogP contribution in [0.1, 0.15) is 15.9 Å². The Morgan fingerprint density at radius 3 is 2.28 bits per heavy atom. The zero-order valence-electron chi connectivity index (χ0n) is 13.9. The number of esters is 1. The zero-order chi connectivity index (χ0) is 18.2. The summed E-state index contributed by atoms with van der Waals surface area (Å²) in [5.41, 5.74) is 1.63. The molecule has 2 rings (SSSR count). The molecule has 7 nitrogen and oxygen atoms in total. The van der Waals surface area contributed by atoms with Crippen LogP contribution in [-0.4, -0.2) is 32.2 Å². The number of rotatable bonds is 5. The van der Waals surface area contributed by atoms with Crippen LogP contribution in [0.2, 0.25) is 0 Å². The van der Waals surface area contributed by atoms with Crippen molar-refractivity contribution in [2.24, 2.45) is 0 Å². The van der Waals surface area contributed by atoms with Crippen LogP contribution in [0.3, 0.4) is 0 Å². The second-order valence-electron chi connectivity index (χ2n) is 5.08. The number of benzene rings is 2. The Hall–Kier alpha value is -3.35. The molecule has 0 saturated heterocycles. The van der Waals surface area contributed by atoms with Gasteiger partial charge in [-0.25, -0.2) is 9.59 Å². The summed E-state index contributed by atoms with van der Waals surface area (Å²) >= 11 is 0. The standard InChI is InChI=1S/C18H18N2O5/c1-24-17(22)14-9-8-13(11-15(14)20-18(23)25-2)19-16(21)10-12-6-4-3-5-7-12/h3-9,11H,10H2,1-2H3,(H,19,21)(H,20,23). The van der Waals surface area contributed by atoms with E-state index < -0.39 is 12.1 Å². The minimum Gasteiger partial charge on any atom is -0.465 e. The molecule has 7 heteroatoms. The van der Waals surface area contributed by atoms with Gasteiger partial charge in [-0.1, -0.05) is 30.3 Å². The zero-order valence-corrected chi connectivity index (χ0v) is 13.9. The second kappa shape index (κ2) is 8.49. The topological polar surface area (TPSA) is 93.7 Å². The third-order valence-corrected chi connectivity index (χ3v) is 3.34. The molecule has 0 aliphatic carbocycles. The molecule has 0 radical (unpaired) electrons. The minimum atomic E-state index is -0.738. The van der Waals surface area contributed by atoms with Crippen molar-refractivity contribution in [2.45, 2.75) is 6.42 Å². The van der Waals surface area contributed by atoms with Crippen molar-refractivity contribution in [1.29, 1.82) is 0 Å². The van der Waals surface area contributed by atoms with Gasteiger partial charge in [-0.05, 0) is 23.8 Å². The molecule has 130 valence electrons. The molecule has 0 heterocycles. The molecule has 0 unspecified atom stereocenters. The van der Waals surface area contributed by atoms with E-state index in [2.05, 4.69) is 20.1 Å². The number of hydrogen-bond donors (Lipinski definition) is 2. The quantitative estimate of drug-likeness (QED) is 0.815. The molecule has 0 fully saturated rings. The molecule has 2 aromatic carbocycles. The molecular formula is C18H18N2O5. The van der Waals surface area contributed by atoms with Gasteiger partial charge >= 0.3 is 12.1 Å². The van der Waals surface area contributed by atoms with Crippen LogP contribution >= 0.6 is 0 Å². The Bertz CT molecular complexity index is 774. The fourth-order valence-electron chi connectivity index (χ4n) is 2.16. The average Bonchev–Trinajstić information content (AvgIpc) is 2.62. The maximum Gasteiger partial charge on any atom is 0.411 e. The molecule has 0 saturated carbocycles. The summed E-state index contributed by atoms with van der Waals surface area (Å²) in [5.74, 6) is -0.838. The molecule has 2 amide bonds. The summed E-state index contributed by atoms with van der Waals surface area (Å²) in [6.07, 6.45) is -0.530. The first-order chi connectivity index (χ1) is 12.0. The molecule has 0 aromatic heterocycles. The molecule has 2 aromatic rings. The predicted molar refractivity (Wildman–Crippen MR) is 92.6 cm³/mol. The highest BCUT2D eigenvalue weighted by atomic mass is 16.5. The maximum absolute atomic E-state index is 12.1. The van der Waals surface area contributed by atoms with Crippen molar-refractivity contribution in [2.75, 3.05) is 24.9 Å². The molecule has 0 aliphatic heterocycles. The van der Waals surface area contributed by atoms with Crippen molar-refractivity contribution < 1.29 is 23.9 Å². The van der Waals surface area contributed by atoms with Crippen LogP contribution in [0, 0.1) is 0 Å². The number of nitrogens with one attached hydrogen (secondary N) is 2. The van der Waals surface area contributed by atoms with Crippen LogP contribution < -0.4 is 10.6 Å². The summed E-state index contributed by atoms with van der Waals surface area (Å²) in [6.45, 7) is 0. The van der Waals surface area contributed by atoms with E-state index in [1.165, 1.54) is 26.4 Å². The summed E-state index contributed by atoms with van der Waals surface area (Å²) in [7, 11) is 2.44. The number of carbonyl (C=O) groups is 3. The third kappa shape index (κ3) is 5.07. The lowest BCUT2D eigenvalue weighted by molar-refractivity contribution is -0.115. The van der Waals surface area contributed by atoms with Crippen molar-refractivity contribution in [3.63, 3.8) is 0 Å². The van der Waals surface area contributed by atoms with Gasteiger partial charge < -0.3 is 14.8 Å². The number of ether oxygens (including phenoxy) is 2. The van der Waals surface area contributed by atoms with Crippen LogP contribution in [-0.2, 0) is 20.7 Å². The molecule has 0 atom stereocenters. The fraction of sp³-hybridized carbons (Fsp3) is 0.167. The SMILES string of the molecule is COC(=O)Nc1cc(NC(=O)Cc2ccccc2)ccc1C(=O)OC. The van der Waals surface area contributed by atoms with Gasteiger partial charge in [-0.15, -0.1) is 0 Å². The lowest BCUT2D eigenvalue weighted by Crippen LogP contribution is -2.17. The first-order valence-corrected chi connectivity index (χ1v) is 7.44. The molecule has 0 aliphatic rings. The van der Waals surface area contributed by atoms with E-state index in [0.29, 0.717) is 5.69 Å². The van der Waals surface area contributed by atoms with E-state index >= 15 is 0 Å². The van der Waals surface area contributed by atoms with Gasteiger partial charge in [0, 0.05) is 5.69 Å². The molecule has 0 bridgehead atoms. The molecule has 0 spiro atoms. The highest BCUT2D eigenvalue weighted by molar-refractivity contribution is 6.01. The summed E-state index contributed by atoms with van der Waals surface area (Å²) < 4.78 is 9.21. The number of carbonyl (C=O) groups excluding carboxylic acids is 3. The number of methoxy groups -OCH3 is 2. The average molecular weight is 342 g/mol. The monoisotopic (exact) mass is 342 g/mol. The Kier molecular flexibility index (Phi) is 6.11. The Morgan fingerprint density at radius 1 is 0.920 bits per heavy atom. The molecular weight excluding hydrogens is 324 g/mol. The van der Waals surface area contributed by atoms with Crippen LogP contribution in [0.5, 0.6) is 0 Å². The number of amides is 2. The van der Waals surface area contributed by atoms with Gasteiger partial charge in [-0.2, -0.15) is 0 Å². The smallest absolute Gasteiger partial charge is 0.411 e. The van der Waals surface area contributed by atoms with Gasteiger partial charge in [0.15, 0.2) is 0 Å². The van der Waals surface area contributed by atoms with Crippen LogP contribution in [0.4, 0.5) is 16.2 Å². The first kappa shape index (κ1) is 18.0. The van der Waals surface area contributed by atoms with Crippen LogP contribution in [0.25, 0.3) is 0 Å². The lowest BCUT2D eigenvalue weighted by atomic mass is 10.1. The second-order valence-corrected chi connectivity index (χ2v) is 5.08. The van der Waals surface area contributed by atoms with E-state index in [1.807, 2.05) is 30.3 Å². The highest BCUT2D eigenvalue weighted by Crippen LogP contribution is 2.22. The minimum absolute atomic E-state index is 0.147. The predicted octanol–water partition coefficient (Wildman–Crippen LogP) is 2.83. The van der Waals surface area contributed by atoms with E-state index in [1.54, 1.807) is 6.07 Å².